The highest BCUT2D eigenvalue weighted by atomic mass is 35.5. The monoisotopic (exact) mass is 410 g/mol. The summed E-state index contributed by atoms with van der Waals surface area (Å²) in [6.45, 7) is 2.29. The van der Waals surface area contributed by atoms with E-state index in [1.807, 2.05) is 19.1 Å². The summed E-state index contributed by atoms with van der Waals surface area (Å²) in [5.41, 5.74) is 1.26. The number of halogens is 1. The number of nitrogens with one attached hydrogen (secondary N) is 1. The fourth-order valence-corrected chi connectivity index (χ4v) is 3.24. The minimum Gasteiger partial charge on any atom is -0.487 e. The lowest BCUT2D eigenvalue weighted by atomic mass is 10.1. The third kappa shape index (κ3) is 7.11. The first-order valence-electron chi connectivity index (χ1n) is 8.36. The van der Waals surface area contributed by atoms with Crippen LogP contribution in [0.2, 0.25) is 5.02 Å². The number of hydrogen-bond acceptors (Lipinski definition) is 4. The van der Waals surface area contributed by atoms with Gasteiger partial charge in [0.25, 0.3) is 0 Å². The van der Waals surface area contributed by atoms with Gasteiger partial charge in [0.1, 0.15) is 11.9 Å². The third-order valence-electron chi connectivity index (χ3n) is 3.73. The summed E-state index contributed by atoms with van der Waals surface area (Å²) in [6, 6.07) is 13.9. The van der Waals surface area contributed by atoms with Crippen molar-refractivity contribution in [3.05, 3.63) is 59.1 Å². The Morgan fingerprint density at radius 1 is 1.19 bits per heavy atom. The molecule has 1 unspecified atom stereocenters. The SMILES string of the molecule is CC(CN(C)C(=O)Cc1ccc(NS(C)(=O)=O)cc1)Oc1ccccc1Cl. The van der Waals surface area contributed by atoms with E-state index in [1.165, 1.54) is 0 Å². The highest BCUT2D eigenvalue weighted by Gasteiger charge is 2.15. The molecule has 0 aromatic heterocycles. The zero-order valence-corrected chi connectivity index (χ0v) is 17.0. The molecule has 8 heteroatoms. The van der Waals surface area contributed by atoms with Gasteiger partial charge in [-0.25, -0.2) is 8.42 Å². The first kappa shape index (κ1) is 21.1. The van der Waals surface area contributed by atoms with E-state index in [9.17, 15) is 13.2 Å². The van der Waals surface area contributed by atoms with Crippen LogP contribution in [0.5, 0.6) is 5.75 Å². The van der Waals surface area contributed by atoms with Crippen molar-refractivity contribution in [3.63, 3.8) is 0 Å². The Bertz CT molecular complexity index is 885. The number of para-hydroxylation sites is 1. The van der Waals surface area contributed by atoms with Crippen molar-refractivity contribution in [2.45, 2.75) is 19.4 Å². The van der Waals surface area contributed by atoms with Gasteiger partial charge in [0.15, 0.2) is 0 Å². The first-order valence-corrected chi connectivity index (χ1v) is 10.6. The van der Waals surface area contributed by atoms with E-state index in [1.54, 1.807) is 48.3 Å². The van der Waals surface area contributed by atoms with Gasteiger partial charge in [0.05, 0.1) is 24.2 Å². The lowest BCUT2D eigenvalue weighted by molar-refractivity contribution is -0.130. The molecule has 0 aliphatic rings. The van der Waals surface area contributed by atoms with Gasteiger partial charge in [-0.2, -0.15) is 0 Å². The van der Waals surface area contributed by atoms with E-state index in [0.717, 1.165) is 11.8 Å². The summed E-state index contributed by atoms with van der Waals surface area (Å²) in [5, 5.41) is 0.529. The average molecular weight is 411 g/mol. The van der Waals surface area contributed by atoms with E-state index in [0.29, 0.717) is 23.0 Å². The van der Waals surface area contributed by atoms with Crippen LogP contribution in [0.15, 0.2) is 48.5 Å². The Morgan fingerprint density at radius 2 is 1.81 bits per heavy atom. The van der Waals surface area contributed by atoms with Crippen molar-refractivity contribution in [1.29, 1.82) is 0 Å². The van der Waals surface area contributed by atoms with Gasteiger partial charge >= 0.3 is 0 Å². The molecule has 6 nitrogen and oxygen atoms in total. The van der Waals surface area contributed by atoms with Crippen molar-refractivity contribution < 1.29 is 17.9 Å². The molecule has 0 aliphatic carbocycles. The van der Waals surface area contributed by atoms with Crippen LogP contribution in [-0.4, -0.2) is 45.2 Å². The summed E-state index contributed by atoms with van der Waals surface area (Å²) in [7, 11) is -1.60. The molecule has 2 aromatic carbocycles. The number of rotatable bonds is 8. The average Bonchev–Trinajstić information content (AvgIpc) is 2.57. The molecule has 0 saturated carbocycles. The van der Waals surface area contributed by atoms with Gasteiger partial charge < -0.3 is 9.64 Å². The number of likely N-dealkylation sites (N-methyl/N-ethyl adjacent to an activating group) is 1. The van der Waals surface area contributed by atoms with Gasteiger partial charge in [-0.1, -0.05) is 35.9 Å². The minimum absolute atomic E-state index is 0.0616. The number of sulfonamides is 1. The number of nitrogens with zero attached hydrogens (tertiary/aromatic N) is 1. The van der Waals surface area contributed by atoms with Crippen LogP contribution in [-0.2, 0) is 21.2 Å². The van der Waals surface area contributed by atoms with Crippen molar-refractivity contribution in [2.75, 3.05) is 24.6 Å². The molecule has 0 aliphatic heterocycles. The summed E-state index contributed by atoms with van der Waals surface area (Å²) in [6.07, 6.45) is 1.08. The maximum atomic E-state index is 12.4. The zero-order valence-electron chi connectivity index (χ0n) is 15.5. The van der Waals surface area contributed by atoms with Crippen LogP contribution >= 0.6 is 11.6 Å². The maximum Gasteiger partial charge on any atom is 0.229 e. The Kier molecular flexibility index (Phi) is 7.10. The number of carbonyl (C=O) groups excluding carboxylic acids is 1. The molecule has 146 valence electrons. The molecule has 1 atom stereocenters. The lowest BCUT2D eigenvalue weighted by Crippen LogP contribution is -2.36. The van der Waals surface area contributed by atoms with Crippen LogP contribution in [0.25, 0.3) is 0 Å². The Morgan fingerprint density at radius 3 is 2.41 bits per heavy atom. The fraction of sp³-hybridized carbons (Fsp3) is 0.316. The number of anilines is 1. The van der Waals surface area contributed by atoms with Crippen LogP contribution in [0.1, 0.15) is 12.5 Å². The van der Waals surface area contributed by atoms with Crippen LogP contribution < -0.4 is 9.46 Å². The van der Waals surface area contributed by atoms with E-state index in [-0.39, 0.29) is 18.4 Å². The number of hydrogen-bond donors (Lipinski definition) is 1. The van der Waals surface area contributed by atoms with E-state index >= 15 is 0 Å². The van der Waals surface area contributed by atoms with Crippen molar-refractivity contribution in [3.8, 4) is 5.75 Å². The smallest absolute Gasteiger partial charge is 0.229 e. The molecule has 1 N–H and O–H groups in total. The van der Waals surface area contributed by atoms with Crippen LogP contribution in [0.3, 0.4) is 0 Å². The number of ether oxygens (including phenoxy) is 1. The zero-order chi connectivity index (χ0) is 20.0. The summed E-state index contributed by atoms with van der Waals surface area (Å²) >= 11 is 6.08. The second kappa shape index (κ2) is 9.10. The van der Waals surface area contributed by atoms with Gasteiger partial charge in [0.2, 0.25) is 15.9 Å². The second-order valence-electron chi connectivity index (χ2n) is 6.38. The summed E-state index contributed by atoms with van der Waals surface area (Å²) in [4.78, 5) is 14.0. The highest BCUT2D eigenvalue weighted by molar-refractivity contribution is 7.92. The van der Waals surface area contributed by atoms with Crippen LogP contribution in [0.4, 0.5) is 5.69 Å². The standard InChI is InChI=1S/C19H23ClN2O4S/c1-14(26-18-7-5-4-6-17(18)20)13-22(2)19(23)12-15-8-10-16(11-9-15)21-27(3,24)25/h4-11,14,21H,12-13H2,1-3H3. The highest BCUT2D eigenvalue weighted by Crippen LogP contribution is 2.24. The van der Waals surface area contributed by atoms with Crippen LogP contribution in [0, 0.1) is 0 Å². The molecule has 0 fully saturated rings. The van der Waals surface area contributed by atoms with Gasteiger partial charge in [-0.05, 0) is 36.8 Å². The number of amides is 1. The van der Waals surface area contributed by atoms with E-state index in [4.69, 9.17) is 16.3 Å². The largest absolute Gasteiger partial charge is 0.487 e. The first-order chi connectivity index (χ1) is 12.6. The van der Waals surface area contributed by atoms with Gasteiger partial charge in [0, 0.05) is 12.7 Å². The Labute approximate surface area is 165 Å². The third-order valence-corrected chi connectivity index (χ3v) is 4.65. The Hall–Kier alpha value is -2.25. The molecule has 0 radical (unpaired) electrons. The van der Waals surface area contributed by atoms with Crippen molar-refractivity contribution >= 4 is 33.2 Å². The second-order valence-corrected chi connectivity index (χ2v) is 8.54. The van der Waals surface area contributed by atoms with Crippen molar-refractivity contribution in [2.24, 2.45) is 0 Å². The molecule has 0 bridgehead atoms. The quantitative estimate of drug-likeness (QED) is 0.725. The topological polar surface area (TPSA) is 75.7 Å². The normalized spacial score (nSPS) is 12.3. The summed E-state index contributed by atoms with van der Waals surface area (Å²) < 4.78 is 30.6. The number of benzene rings is 2. The molecule has 2 aromatic rings. The van der Waals surface area contributed by atoms with Gasteiger partial charge in [-0.15, -0.1) is 0 Å². The fourth-order valence-electron chi connectivity index (χ4n) is 2.50. The Balaban J connectivity index is 1.88. The van der Waals surface area contributed by atoms with E-state index < -0.39 is 10.0 Å². The molecule has 0 saturated heterocycles. The van der Waals surface area contributed by atoms with Gasteiger partial charge in [-0.3, -0.25) is 9.52 Å². The molecule has 0 heterocycles. The maximum absolute atomic E-state index is 12.4. The lowest BCUT2D eigenvalue weighted by Gasteiger charge is -2.23. The minimum atomic E-state index is -3.32. The van der Waals surface area contributed by atoms with E-state index in [2.05, 4.69) is 4.72 Å². The predicted octanol–water partition coefficient (Wildman–Crippen LogP) is 3.18. The molecule has 2 rings (SSSR count). The molecular weight excluding hydrogens is 388 g/mol. The summed E-state index contributed by atoms with van der Waals surface area (Å²) in [5.74, 6) is 0.523. The number of carbonyl (C=O) groups is 1. The molecule has 0 spiro atoms. The molecular formula is C19H23ClN2O4S. The molecule has 27 heavy (non-hydrogen) atoms. The van der Waals surface area contributed by atoms with Crippen molar-refractivity contribution in [1.82, 2.24) is 4.90 Å². The molecule has 1 amide bonds. The predicted molar refractivity (Wildman–Crippen MR) is 108 cm³/mol.